The van der Waals surface area contributed by atoms with Gasteiger partial charge >= 0.3 is 12.1 Å². The molecule has 0 radical (unpaired) electrons. The molecule has 2 N–H and O–H groups in total. The smallest absolute Gasteiger partial charge is 0.475 e. The van der Waals surface area contributed by atoms with E-state index in [2.05, 4.69) is 15.3 Å². The van der Waals surface area contributed by atoms with Crippen LogP contribution >= 0.6 is 11.3 Å². The molecule has 2 fully saturated rings. The van der Waals surface area contributed by atoms with Crippen LogP contribution in [-0.2, 0) is 9.53 Å². The van der Waals surface area contributed by atoms with Crippen LogP contribution in [0.5, 0.6) is 0 Å². The second kappa shape index (κ2) is 9.60. The summed E-state index contributed by atoms with van der Waals surface area (Å²) in [5.74, 6) is -1.22. The summed E-state index contributed by atoms with van der Waals surface area (Å²) in [5, 5.41) is 12.4. The molecule has 12 heteroatoms. The number of nitrogens with one attached hydrogen (secondary N) is 1. The van der Waals surface area contributed by atoms with Crippen LogP contribution in [0.1, 0.15) is 15.2 Å². The van der Waals surface area contributed by atoms with E-state index in [1.807, 2.05) is 23.3 Å². The van der Waals surface area contributed by atoms with Gasteiger partial charge in [-0.05, 0) is 30.0 Å². The monoisotopic (exact) mass is 458 g/mol. The van der Waals surface area contributed by atoms with Gasteiger partial charge in [-0.2, -0.15) is 13.2 Å². The van der Waals surface area contributed by atoms with E-state index in [4.69, 9.17) is 14.6 Å². The van der Waals surface area contributed by atoms with Gasteiger partial charge in [0.2, 0.25) is 5.95 Å². The van der Waals surface area contributed by atoms with Gasteiger partial charge in [0.15, 0.2) is 0 Å². The summed E-state index contributed by atoms with van der Waals surface area (Å²) in [6.07, 6.45) is -1.48. The van der Waals surface area contributed by atoms with Gasteiger partial charge < -0.3 is 20.1 Å². The largest absolute Gasteiger partial charge is 0.490 e. The third-order valence-corrected chi connectivity index (χ3v) is 6.12. The van der Waals surface area contributed by atoms with Crippen molar-refractivity contribution in [2.75, 3.05) is 31.6 Å². The maximum Gasteiger partial charge on any atom is 0.490 e. The van der Waals surface area contributed by atoms with Crippen LogP contribution in [0.4, 0.5) is 19.1 Å². The summed E-state index contributed by atoms with van der Waals surface area (Å²) in [5.41, 5.74) is 1.06. The molecule has 0 spiro atoms. The Morgan fingerprint density at radius 2 is 2.00 bits per heavy atom. The first-order chi connectivity index (χ1) is 14.7. The van der Waals surface area contributed by atoms with Gasteiger partial charge in [-0.25, -0.2) is 14.8 Å². The Bertz CT molecular complexity index is 909. The highest BCUT2D eigenvalue weighted by molar-refractivity contribution is 7.12. The van der Waals surface area contributed by atoms with E-state index in [0.29, 0.717) is 24.3 Å². The predicted octanol–water partition coefficient (Wildman–Crippen LogP) is 2.68. The lowest BCUT2D eigenvalue weighted by Crippen LogP contribution is -2.32. The number of aromatic nitrogens is 2. The van der Waals surface area contributed by atoms with E-state index < -0.39 is 12.1 Å². The molecule has 0 saturated carbocycles. The predicted molar refractivity (Wildman–Crippen MR) is 106 cm³/mol. The van der Waals surface area contributed by atoms with Gasteiger partial charge in [-0.3, -0.25) is 4.79 Å². The Labute approximate surface area is 180 Å². The maximum atomic E-state index is 12.7. The Balaban J connectivity index is 0.000000339. The number of aryl methyl sites for hydroxylation is 1. The minimum Gasteiger partial charge on any atom is -0.475 e. The fourth-order valence-corrected chi connectivity index (χ4v) is 4.42. The van der Waals surface area contributed by atoms with Crippen molar-refractivity contribution in [3.8, 4) is 0 Å². The second-order valence-electron chi connectivity index (χ2n) is 7.19. The first-order valence-electron chi connectivity index (χ1n) is 9.42. The van der Waals surface area contributed by atoms with Crippen molar-refractivity contribution in [2.24, 2.45) is 11.8 Å². The zero-order valence-electron chi connectivity index (χ0n) is 16.5. The number of aliphatic carboxylic acids is 1. The third-order valence-electron chi connectivity index (χ3n) is 5.11. The van der Waals surface area contributed by atoms with Crippen LogP contribution in [0.3, 0.4) is 0 Å². The number of carbonyl (C=O) groups excluding carboxylic acids is 1. The topological polar surface area (TPSA) is 105 Å². The van der Waals surface area contributed by atoms with Crippen LogP contribution in [0.2, 0.25) is 0 Å². The van der Waals surface area contributed by atoms with E-state index >= 15 is 0 Å². The number of hydrogen-bond donors (Lipinski definition) is 2. The highest BCUT2D eigenvalue weighted by Crippen LogP contribution is 2.35. The lowest BCUT2D eigenvalue weighted by atomic mass is 9.93. The van der Waals surface area contributed by atoms with Crippen molar-refractivity contribution in [3.63, 3.8) is 0 Å². The fourth-order valence-electron chi connectivity index (χ4n) is 3.52. The lowest BCUT2D eigenvalue weighted by molar-refractivity contribution is -0.192. The average molecular weight is 458 g/mol. The molecule has 31 heavy (non-hydrogen) atoms. The number of likely N-dealkylation sites (tertiary alicyclic amines) is 1. The number of rotatable bonds is 4. The van der Waals surface area contributed by atoms with Gasteiger partial charge in [0.25, 0.3) is 5.91 Å². The van der Waals surface area contributed by atoms with Crippen LogP contribution < -0.4 is 5.32 Å². The van der Waals surface area contributed by atoms with Crippen molar-refractivity contribution >= 4 is 29.2 Å². The van der Waals surface area contributed by atoms with Gasteiger partial charge in [0, 0.05) is 43.9 Å². The van der Waals surface area contributed by atoms with E-state index in [9.17, 15) is 18.0 Å². The summed E-state index contributed by atoms with van der Waals surface area (Å²) in [6.45, 7) is 4.95. The molecule has 0 unspecified atom stereocenters. The first-order valence-corrected chi connectivity index (χ1v) is 10.3. The van der Waals surface area contributed by atoms with E-state index in [0.717, 1.165) is 30.1 Å². The molecule has 1 amide bonds. The number of amides is 1. The van der Waals surface area contributed by atoms with Crippen molar-refractivity contribution in [1.82, 2.24) is 14.9 Å². The quantitative estimate of drug-likeness (QED) is 0.726. The molecule has 3 atom stereocenters. The number of carbonyl (C=O) groups is 2. The molecule has 2 aromatic heterocycles. The van der Waals surface area contributed by atoms with Crippen molar-refractivity contribution in [1.29, 1.82) is 0 Å². The summed E-state index contributed by atoms with van der Waals surface area (Å²) in [6, 6.07) is 3.80. The molecule has 2 aromatic rings. The van der Waals surface area contributed by atoms with Crippen LogP contribution in [-0.4, -0.2) is 70.4 Å². The Hall–Kier alpha value is -2.73. The molecule has 2 saturated heterocycles. The third kappa shape index (κ3) is 5.70. The van der Waals surface area contributed by atoms with Gasteiger partial charge in [0.05, 0.1) is 17.6 Å². The maximum absolute atomic E-state index is 12.7. The fraction of sp³-hybridized carbons (Fsp3) is 0.474. The number of hydrogen-bond acceptors (Lipinski definition) is 7. The van der Waals surface area contributed by atoms with E-state index in [1.165, 1.54) is 11.3 Å². The number of anilines is 1. The molecule has 0 aliphatic carbocycles. The van der Waals surface area contributed by atoms with Crippen molar-refractivity contribution in [3.05, 3.63) is 40.3 Å². The minimum absolute atomic E-state index is 0.138. The molecule has 168 valence electrons. The number of carboxylic acids is 1. The Kier molecular flexibility index (Phi) is 7.11. The van der Waals surface area contributed by atoms with Crippen molar-refractivity contribution < 1.29 is 32.6 Å². The second-order valence-corrected chi connectivity index (χ2v) is 8.11. The number of thiophene rings is 1. The lowest BCUT2D eigenvalue weighted by Gasteiger charge is -2.20. The SMILES string of the molecule is Cc1ccsc1C(=O)N1C[C@@H]2[C@@H](CNc3ncccn3)CO[C@@H]2C1.O=C(O)C(F)(F)F. The number of nitrogens with zero attached hydrogens (tertiary/aromatic N) is 3. The van der Waals surface area contributed by atoms with E-state index in [-0.39, 0.29) is 12.0 Å². The van der Waals surface area contributed by atoms with Gasteiger partial charge in [-0.15, -0.1) is 11.3 Å². The molecule has 2 aliphatic heterocycles. The standard InChI is InChI=1S/C17H20N4O2S.C2HF3O2/c1-11-3-6-24-15(11)16(22)21-8-13-12(10-23-14(13)9-21)7-20-17-18-4-2-5-19-17;3-2(4,5)1(6)7/h2-6,12-14H,7-10H2,1H3,(H,18,19,20);(H,6,7)/t12-,13+,14+;/m0./s1. The molecular formula is C19H21F3N4O4S. The number of carboxylic acid groups (broad SMARTS) is 1. The molecule has 0 aromatic carbocycles. The Morgan fingerprint density at radius 3 is 2.58 bits per heavy atom. The summed E-state index contributed by atoms with van der Waals surface area (Å²) in [7, 11) is 0. The molecule has 0 bridgehead atoms. The number of halogens is 3. The minimum atomic E-state index is -5.08. The summed E-state index contributed by atoms with van der Waals surface area (Å²) >= 11 is 1.52. The zero-order chi connectivity index (χ0) is 22.6. The van der Waals surface area contributed by atoms with Crippen LogP contribution in [0.15, 0.2) is 29.9 Å². The molecular weight excluding hydrogens is 437 g/mol. The first kappa shape index (κ1) is 22.9. The average Bonchev–Trinajstić information content (AvgIpc) is 3.42. The highest BCUT2D eigenvalue weighted by Gasteiger charge is 2.45. The molecule has 4 rings (SSSR count). The van der Waals surface area contributed by atoms with Crippen LogP contribution in [0, 0.1) is 18.8 Å². The summed E-state index contributed by atoms with van der Waals surface area (Å²) < 4.78 is 37.7. The molecule has 2 aliphatic rings. The highest BCUT2D eigenvalue weighted by atomic mass is 32.1. The molecule has 4 heterocycles. The van der Waals surface area contributed by atoms with Gasteiger partial charge in [-0.1, -0.05) is 0 Å². The number of alkyl halides is 3. The van der Waals surface area contributed by atoms with Crippen molar-refractivity contribution in [2.45, 2.75) is 19.2 Å². The zero-order valence-corrected chi connectivity index (χ0v) is 17.3. The number of fused-ring (bicyclic) bond motifs is 1. The van der Waals surface area contributed by atoms with Crippen LogP contribution in [0.25, 0.3) is 0 Å². The Morgan fingerprint density at radius 1 is 1.32 bits per heavy atom. The molecule has 8 nitrogen and oxygen atoms in total. The van der Waals surface area contributed by atoms with E-state index in [1.54, 1.807) is 18.5 Å². The normalized spacial score (nSPS) is 22.5. The number of ether oxygens (including phenoxy) is 1. The summed E-state index contributed by atoms with van der Waals surface area (Å²) in [4.78, 5) is 32.8. The van der Waals surface area contributed by atoms with Gasteiger partial charge in [0.1, 0.15) is 0 Å².